The molecule has 3 rings (SSSR count). The molecule has 1 saturated heterocycles. The van der Waals surface area contributed by atoms with Crippen LogP contribution in [-0.2, 0) is 4.79 Å². The lowest BCUT2D eigenvalue weighted by molar-refractivity contribution is -0.145. The molecule has 0 spiro atoms. The number of carboxylic acids is 1. The Hall–Kier alpha value is -2.27. The van der Waals surface area contributed by atoms with Gasteiger partial charge < -0.3 is 5.11 Å². The van der Waals surface area contributed by atoms with Crippen molar-refractivity contribution >= 4 is 5.97 Å². The summed E-state index contributed by atoms with van der Waals surface area (Å²) in [5.41, 5.74) is 2.95. The zero-order valence-corrected chi connectivity index (χ0v) is 13.2. The van der Waals surface area contributed by atoms with Gasteiger partial charge in [-0.25, -0.2) is 0 Å². The lowest BCUT2D eigenvalue weighted by Gasteiger charge is -2.39. The number of aryl methyl sites for hydroxylation is 1. The molecule has 2 unspecified atom stereocenters. The molecule has 3 heterocycles. The van der Waals surface area contributed by atoms with E-state index in [2.05, 4.69) is 14.9 Å². The van der Waals surface area contributed by atoms with E-state index in [1.54, 1.807) is 12.4 Å². The maximum absolute atomic E-state index is 11.7. The molecule has 1 fully saturated rings. The number of pyridine rings is 2. The summed E-state index contributed by atoms with van der Waals surface area (Å²) in [5, 5.41) is 9.62. The average molecular weight is 311 g/mol. The van der Waals surface area contributed by atoms with Crippen LogP contribution < -0.4 is 0 Å². The van der Waals surface area contributed by atoms with E-state index in [0.29, 0.717) is 6.42 Å². The van der Waals surface area contributed by atoms with Gasteiger partial charge in [-0.05, 0) is 49.6 Å². The summed E-state index contributed by atoms with van der Waals surface area (Å²) in [4.78, 5) is 22.5. The van der Waals surface area contributed by atoms with E-state index >= 15 is 0 Å². The smallest absolute Gasteiger partial charge is 0.320 e. The van der Waals surface area contributed by atoms with Gasteiger partial charge in [0, 0.05) is 18.6 Å². The highest BCUT2D eigenvalue weighted by atomic mass is 16.4. The molecule has 1 N–H and O–H groups in total. The van der Waals surface area contributed by atoms with Crippen LogP contribution in [0.3, 0.4) is 0 Å². The Morgan fingerprint density at radius 2 is 2.17 bits per heavy atom. The van der Waals surface area contributed by atoms with Crippen LogP contribution in [0, 0.1) is 6.92 Å². The number of rotatable bonds is 4. The van der Waals surface area contributed by atoms with Crippen LogP contribution >= 0.6 is 0 Å². The number of aliphatic carboxylic acids is 1. The highest BCUT2D eigenvalue weighted by Crippen LogP contribution is 2.33. The minimum absolute atomic E-state index is 0.175. The second-order valence-corrected chi connectivity index (χ2v) is 6.04. The third-order valence-electron chi connectivity index (χ3n) is 4.38. The van der Waals surface area contributed by atoms with Crippen molar-refractivity contribution in [2.75, 3.05) is 6.54 Å². The highest BCUT2D eigenvalue weighted by molar-refractivity contribution is 5.73. The van der Waals surface area contributed by atoms with Crippen molar-refractivity contribution in [3.8, 4) is 0 Å². The highest BCUT2D eigenvalue weighted by Gasteiger charge is 2.35. The summed E-state index contributed by atoms with van der Waals surface area (Å²) in [6, 6.07) is 7.23. The number of aromatic nitrogens is 2. The van der Waals surface area contributed by atoms with Crippen LogP contribution in [0.5, 0.6) is 0 Å². The number of hydrogen-bond acceptors (Lipinski definition) is 4. The molecule has 2 aromatic rings. The van der Waals surface area contributed by atoms with Gasteiger partial charge in [0.15, 0.2) is 0 Å². The first-order chi connectivity index (χ1) is 11.2. The first-order valence-electron chi connectivity index (χ1n) is 7.98. The van der Waals surface area contributed by atoms with Crippen molar-refractivity contribution < 1.29 is 9.90 Å². The van der Waals surface area contributed by atoms with Crippen molar-refractivity contribution in [3.05, 3.63) is 59.7 Å². The average Bonchev–Trinajstić information content (AvgIpc) is 2.58. The molecular weight excluding hydrogens is 290 g/mol. The van der Waals surface area contributed by atoms with Crippen molar-refractivity contribution in [1.82, 2.24) is 14.9 Å². The normalized spacial score (nSPS) is 20.1. The van der Waals surface area contributed by atoms with Gasteiger partial charge in [-0.15, -0.1) is 0 Å². The summed E-state index contributed by atoms with van der Waals surface area (Å²) in [5.74, 6) is -0.759. The maximum Gasteiger partial charge on any atom is 0.320 e. The lowest BCUT2D eigenvalue weighted by Crippen LogP contribution is -2.47. The SMILES string of the molecule is Cc1ccc(C(c2cccnc2)N2CCCCC2C(=O)O)nc1. The Morgan fingerprint density at radius 3 is 2.83 bits per heavy atom. The molecule has 5 heteroatoms. The monoisotopic (exact) mass is 311 g/mol. The summed E-state index contributed by atoms with van der Waals surface area (Å²) < 4.78 is 0. The molecule has 0 bridgehead atoms. The topological polar surface area (TPSA) is 66.3 Å². The maximum atomic E-state index is 11.7. The molecule has 2 atom stereocenters. The van der Waals surface area contributed by atoms with E-state index < -0.39 is 12.0 Å². The third kappa shape index (κ3) is 3.40. The standard InChI is InChI=1S/C18H21N3O2/c1-13-7-8-15(20-11-13)17(14-5-4-9-19-12-14)21-10-3-2-6-16(21)18(22)23/h4-5,7-9,11-12,16-17H,2-3,6,10H2,1H3,(H,22,23). The summed E-state index contributed by atoms with van der Waals surface area (Å²) in [7, 11) is 0. The van der Waals surface area contributed by atoms with E-state index in [1.807, 2.05) is 37.4 Å². The van der Waals surface area contributed by atoms with Crippen molar-refractivity contribution in [1.29, 1.82) is 0 Å². The fourth-order valence-electron chi connectivity index (χ4n) is 3.24. The molecule has 0 aliphatic carbocycles. The quantitative estimate of drug-likeness (QED) is 0.940. The summed E-state index contributed by atoms with van der Waals surface area (Å²) in [6.45, 7) is 2.75. The Morgan fingerprint density at radius 1 is 1.30 bits per heavy atom. The Balaban J connectivity index is 2.04. The zero-order valence-electron chi connectivity index (χ0n) is 13.2. The molecule has 0 saturated carbocycles. The molecule has 120 valence electrons. The molecule has 1 aliphatic heterocycles. The van der Waals surface area contributed by atoms with E-state index in [1.165, 1.54) is 0 Å². The summed E-state index contributed by atoms with van der Waals surface area (Å²) in [6.07, 6.45) is 8.01. The molecule has 1 aliphatic rings. The number of piperidine rings is 1. The molecule has 2 aromatic heterocycles. The van der Waals surface area contributed by atoms with Crippen molar-refractivity contribution in [2.24, 2.45) is 0 Å². The molecule has 0 radical (unpaired) electrons. The molecular formula is C18H21N3O2. The molecule has 0 aromatic carbocycles. The number of carboxylic acid groups (broad SMARTS) is 1. The van der Waals surface area contributed by atoms with Gasteiger partial charge >= 0.3 is 5.97 Å². The minimum atomic E-state index is -0.759. The van der Waals surface area contributed by atoms with E-state index in [9.17, 15) is 9.90 Å². The molecule has 0 amide bonds. The molecule has 5 nitrogen and oxygen atoms in total. The van der Waals surface area contributed by atoms with E-state index in [4.69, 9.17) is 0 Å². The van der Waals surface area contributed by atoms with Crippen molar-refractivity contribution in [2.45, 2.75) is 38.3 Å². The van der Waals surface area contributed by atoms with Crippen LogP contribution in [0.4, 0.5) is 0 Å². The second kappa shape index (κ2) is 6.87. The van der Waals surface area contributed by atoms with Gasteiger partial charge in [-0.2, -0.15) is 0 Å². The first-order valence-corrected chi connectivity index (χ1v) is 7.98. The summed E-state index contributed by atoms with van der Waals surface area (Å²) >= 11 is 0. The fraction of sp³-hybridized carbons (Fsp3) is 0.389. The van der Waals surface area contributed by atoms with Crippen molar-refractivity contribution in [3.63, 3.8) is 0 Å². The number of nitrogens with zero attached hydrogens (tertiary/aromatic N) is 3. The van der Waals surface area contributed by atoms with Gasteiger partial charge in [0.1, 0.15) is 6.04 Å². The van der Waals surface area contributed by atoms with E-state index in [0.717, 1.165) is 36.2 Å². The predicted octanol–water partition coefficient (Wildman–Crippen LogP) is 2.81. The van der Waals surface area contributed by atoms with Gasteiger partial charge in [0.05, 0.1) is 11.7 Å². The minimum Gasteiger partial charge on any atom is -0.480 e. The van der Waals surface area contributed by atoms with E-state index in [-0.39, 0.29) is 6.04 Å². The molecule has 23 heavy (non-hydrogen) atoms. The van der Waals surface area contributed by atoms with Crippen LogP contribution in [-0.4, -0.2) is 38.5 Å². The Labute approximate surface area is 136 Å². The van der Waals surface area contributed by atoms with Crippen LogP contribution in [0.15, 0.2) is 42.9 Å². The zero-order chi connectivity index (χ0) is 16.2. The number of carbonyl (C=O) groups is 1. The number of likely N-dealkylation sites (tertiary alicyclic amines) is 1. The Kier molecular flexibility index (Phi) is 4.67. The second-order valence-electron chi connectivity index (χ2n) is 6.04. The largest absolute Gasteiger partial charge is 0.480 e. The van der Waals surface area contributed by atoms with Gasteiger partial charge in [-0.1, -0.05) is 18.6 Å². The third-order valence-corrected chi connectivity index (χ3v) is 4.38. The van der Waals surface area contributed by atoms with Crippen LogP contribution in [0.1, 0.15) is 42.1 Å². The Bertz CT molecular complexity index is 658. The predicted molar refractivity (Wildman–Crippen MR) is 87.0 cm³/mol. The lowest BCUT2D eigenvalue weighted by atomic mass is 9.95. The van der Waals surface area contributed by atoms with Gasteiger partial charge in [-0.3, -0.25) is 19.7 Å². The fourth-order valence-corrected chi connectivity index (χ4v) is 3.24. The van der Waals surface area contributed by atoms with Gasteiger partial charge in [0.2, 0.25) is 0 Å². The van der Waals surface area contributed by atoms with Gasteiger partial charge in [0.25, 0.3) is 0 Å². The van der Waals surface area contributed by atoms with Crippen LogP contribution in [0.2, 0.25) is 0 Å². The van der Waals surface area contributed by atoms with Crippen LogP contribution in [0.25, 0.3) is 0 Å². The first kappa shape index (κ1) is 15.6. The number of hydrogen-bond donors (Lipinski definition) is 1.